The van der Waals surface area contributed by atoms with Gasteiger partial charge in [0.2, 0.25) is 0 Å². The summed E-state index contributed by atoms with van der Waals surface area (Å²) in [4.78, 5) is 3.91. The highest BCUT2D eigenvalue weighted by atomic mass is 32.1. The van der Waals surface area contributed by atoms with Gasteiger partial charge in [-0.25, -0.2) is 0 Å². The van der Waals surface area contributed by atoms with E-state index < -0.39 is 0 Å². The molecule has 1 aliphatic rings. The number of nitrogens with one attached hydrogen (secondary N) is 1. The second-order valence-corrected chi connectivity index (χ2v) is 7.87. The molecule has 1 saturated heterocycles. The topological polar surface area (TPSA) is 33.7 Å². The monoisotopic (exact) mass is 394 g/mol. The van der Waals surface area contributed by atoms with E-state index in [2.05, 4.69) is 52.0 Å². The fourth-order valence-electron chi connectivity index (χ4n) is 3.65. The Bertz CT molecular complexity index is 862. The molecule has 2 heterocycles. The molecule has 0 radical (unpaired) electrons. The van der Waals surface area contributed by atoms with Crippen LogP contribution in [0.1, 0.15) is 22.0 Å². The van der Waals surface area contributed by atoms with Gasteiger partial charge in [0.1, 0.15) is 6.61 Å². The Morgan fingerprint density at radius 2 is 1.82 bits per heavy atom. The highest BCUT2D eigenvalue weighted by molar-refractivity contribution is 7.10. The number of rotatable bonds is 7. The molecule has 0 bridgehead atoms. The molecule has 1 atom stereocenters. The third-order valence-electron chi connectivity index (χ3n) is 5.07. The molecule has 0 amide bonds. The smallest absolute Gasteiger partial charge is 0.161 e. The van der Waals surface area contributed by atoms with Gasteiger partial charge in [0.05, 0.1) is 13.2 Å². The molecule has 5 heteroatoms. The van der Waals surface area contributed by atoms with E-state index in [1.165, 1.54) is 10.4 Å². The SMILES string of the molecule is COc1cc([C@@H](c2cccs2)N2CCNCC2)ccc1OCc1ccccc1. The van der Waals surface area contributed by atoms with E-state index in [0.29, 0.717) is 6.61 Å². The van der Waals surface area contributed by atoms with E-state index in [9.17, 15) is 0 Å². The summed E-state index contributed by atoms with van der Waals surface area (Å²) in [7, 11) is 1.71. The second kappa shape index (κ2) is 9.24. The predicted octanol–water partition coefficient (Wildman–Crippen LogP) is 4.33. The summed E-state index contributed by atoms with van der Waals surface area (Å²) in [6, 6.07) is 21.2. The lowest BCUT2D eigenvalue weighted by Crippen LogP contribution is -2.45. The summed E-state index contributed by atoms with van der Waals surface area (Å²) in [5, 5.41) is 5.60. The molecule has 0 aliphatic carbocycles. The molecule has 1 fully saturated rings. The van der Waals surface area contributed by atoms with Crippen molar-refractivity contribution in [3.8, 4) is 11.5 Å². The van der Waals surface area contributed by atoms with Crippen LogP contribution in [0.3, 0.4) is 0 Å². The Balaban J connectivity index is 1.59. The molecule has 28 heavy (non-hydrogen) atoms. The lowest BCUT2D eigenvalue weighted by Gasteiger charge is -2.35. The van der Waals surface area contributed by atoms with Gasteiger partial charge in [-0.3, -0.25) is 4.90 Å². The number of hydrogen-bond acceptors (Lipinski definition) is 5. The minimum absolute atomic E-state index is 0.249. The largest absolute Gasteiger partial charge is 0.493 e. The number of thiophene rings is 1. The van der Waals surface area contributed by atoms with Crippen molar-refractivity contribution in [1.82, 2.24) is 10.2 Å². The number of ether oxygens (including phenoxy) is 2. The number of benzene rings is 2. The highest BCUT2D eigenvalue weighted by Gasteiger charge is 2.25. The fraction of sp³-hybridized carbons (Fsp3) is 0.304. The normalized spacial score (nSPS) is 15.9. The Labute approximate surface area is 170 Å². The van der Waals surface area contributed by atoms with Crippen molar-refractivity contribution in [2.24, 2.45) is 0 Å². The highest BCUT2D eigenvalue weighted by Crippen LogP contribution is 2.37. The average molecular weight is 395 g/mol. The molecule has 0 saturated carbocycles. The first-order valence-corrected chi connectivity index (χ1v) is 10.6. The van der Waals surface area contributed by atoms with Crippen LogP contribution in [0.15, 0.2) is 66.0 Å². The zero-order valence-corrected chi connectivity index (χ0v) is 17.0. The maximum Gasteiger partial charge on any atom is 0.161 e. The van der Waals surface area contributed by atoms with E-state index in [4.69, 9.17) is 9.47 Å². The van der Waals surface area contributed by atoms with Crippen molar-refractivity contribution >= 4 is 11.3 Å². The molecule has 4 nitrogen and oxygen atoms in total. The fourth-order valence-corrected chi connectivity index (χ4v) is 4.54. The predicted molar refractivity (Wildman–Crippen MR) is 114 cm³/mol. The van der Waals surface area contributed by atoms with Crippen LogP contribution in [-0.2, 0) is 6.61 Å². The quantitative estimate of drug-likeness (QED) is 0.647. The molecule has 1 N–H and O–H groups in total. The molecular weight excluding hydrogens is 368 g/mol. The number of nitrogens with zero attached hydrogens (tertiary/aromatic N) is 1. The van der Waals surface area contributed by atoms with Crippen molar-refractivity contribution in [3.63, 3.8) is 0 Å². The van der Waals surface area contributed by atoms with Crippen LogP contribution < -0.4 is 14.8 Å². The Kier molecular flexibility index (Phi) is 6.27. The maximum absolute atomic E-state index is 6.04. The standard InChI is InChI=1S/C23H26N2O2S/c1-26-21-16-19(9-10-20(21)27-17-18-6-3-2-4-7-18)23(22-8-5-15-28-22)25-13-11-24-12-14-25/h2-10,15-16,23-24H,11-14,17H2,1H3/t23-/m0/s1. The van der Waals surface area contributed by atoms with Crippen LogP contribution in [0.4, 0.5) is 0 Å². The maximum atomic E-state index is 6.04. The Morgan fingerprint density at radius 1 is 1.00 bits per heavy atom. The van der Waals surface area contributed by atoms with Gasteiger partial charge in [-0.1, -0.05) is 42.5 Å². The molecule has 1 aromatic heterocycles. The second-order valence-electron chi connectivity index (χ2n) is 6.89. The Morgan fingerprint density at radius 3 is 2.54 bits per heavy atom. The lowest BCUT2D eigenvalue weighted by molar-refractivity contribution is 0.200. The molecule has 146 valence electrons. The molecule has 4 rings (SSSR count). The minimum Gasteiger partial charge on any atom is -0.493 e. The van der Waals surface area contributed by atoms with E-state index in [1.807, 2.05) is 35.6 Å². The van der Waals surface area contributed by atoms with Crippen molar-refractivity contribution in [3.05, 3.63) is 82.0 Å². The van der Waals surface area contributed by atoms with Gasteiger partial charge in [0.25, 0.3) is 0 Å². The van der Waals surface area contributed by atoms with Gasteiger partial charge in [0, 0.05) is 31.1 Å². The van der Waals surface area contributed by atoms with Crippen LogP contribution in [0.5, 0.6) is 11.5 Å². The van der Waals surface area contributed by atoms with E-state index in [0.717, 1.165) is 43.2 Å². The van der Waals surface area contributed by atoms with Gasteiger partial charge in [-0.15, -0.1) is 11.3 Å². The average Bonchev–Trinajstić information content (AvgIpc) is 3.28. The van der Waals surface area contributed by atoms with Crippen molar-refractivity contribution in [2.75, 3.05) is 33.3 Å². The molecular formula is C23H26N2O2S. The van der Waals surface area contributed by atoms with Crippen LogP contribution in [0, 0.1) is 0 Å². The zero-order valence-electron chi connectivity index (χ0n) is 16.1. The van der Waals surface area contributed by atoms with Crippen molar-refractivity contribution in [2.45, 2.75) is 12.6 Å². The third-order valence-corrected chi connectivity index (χ3v) is 5.99. The molecule has 1 aliphatic heterocycles. The van der Waals surface area contributed by atoms with Crippen LogP contribution in [0.25, 0.3) is 0 Å². The van der Waals surface area contributed by atoms with Gasteiger partial charge < -0.3 is 14.8 Å². The minimum atomic E-state index is 0.249. The number of methoxy groups -OCH3 is 1. The summed E-state index contributed by atoms with van der Waals surface area (Å²) in [5.74, 6) is 1.56. The summed E-state index contributed by atoms with van der Waals surface area (Å²) in [6.45, 7) is 4.66. The van der Waals surface area contributed by atoms with Crippen LogP contribution in [0.2, 0.25) is 0 Å². The summed E-state index contributed by atoms with van der Waals surface area (Å²) in [5.41, 5.74) is 2.39. The molecule has 0 unspecified atom stereocenters. The molecule has 2 aromatic carbocycles. The van der Waals surface area contributed by atoms with Gasteiger partial charge in [-0.2, -0.15) is 0 Å². The molecule has 0 spiro atoms. The van der Waals surface area contributed by atoms with E-state index in [-0.39, 0.29) is 6.04 Å². The summed E-state index contributed by atoms with van der Waals surface area (Å²) >= 11 is 1.81. The van der Waals surface area contributed by atoms with Crippen molar-refractivity contribution in [1.29, 1.82) is 0 Å². The third kappa shape index (κ3) is 4.38. The summed E-state index contributed by atoms with van der Waals surface area (Å²) < 4.78 is 11.7. The summed E-state index contributed by atoms with van der Waals surface area (Å²) in [6.07, 6.45) is 0. The van der Waals surface area contributed by atoms with Crippen molar-refractivity contribution < 1.29 is 9.47 Å². The first-order valence-electron chi connectivity index (χ1n) is 9.68. The van der Waals surface area contributed by atoms with Gasteiger partial charge in [-0.05, 0) is 34.7 Å². The lowest BCUT2D eigenvalue weighted by atomic mass is 10.0. The first-order chi connectivity index (χ1) is 13.8. The zero-order chi connectivity index (χ0) is 19.2. The number of piperazine rings is 1. The number of hydrogen-bond donors (Lipinski definition) is 1. The van der Waals surface area contributed by atoms with Gasteiger partial charge >= 0.3 is 0 Å². The first kappa shape index (κ1) is 19.0. The molecule has 3 aromatic rings. The van der Waals surface area contributed by atoms with E-state index in [1.54, 1.807) is 7.11 Å². The Hall–Kier alpha value is -2.34. The van der Waals surface area contributed by atoms with Gasteiger partial charge in [0.15, 0.2) is 11.5 Å². The van der Waals surface area contributed by atoms with E-state index >= 15 is 0 Å². The van der Waals surface area contributed by atoms with Crippen LogP contribution in [-0.4, -0.2) is 38.2 Å². The van der Waals surface area contributed by atoms with Crippen LogP contribution >= 0.6 is 11.3 Å².